The first-order valence-electron chi connectivity index (χ1n) is 14.2. The van der Waals surface area contributed by atoms with E-state index in [0.717, 1.165) is 62.5 Å². The summed E-state index contributed by atoms with van der Waals surface area (Å²) in [7, 11) is -3.94. The van der Waals surface area contributed by atoms with Gasteiger partial charge in [0.1, 0.15) is 11.5 Å². The minimum atomic E-state index is -3.94. The normalized spacial score (nSPS) is 18.8. The van der Waals surface area contributed by atoms with Crippen LogP contribution in [0.2, 0.25) is 0 Å². The van der Waals surface area contributed by atoms with Crippen molar-refractivity contribution in [1.82, 2.24) is 0 Å². The Bertz CT molecular complexity index is 1140. The first-order valence-corrected chi connectivity index (χ1v) is 15.7. The molecule has 0 saturated heterocycles. The average Bonchev–Trinajstić information content (AvgIpc) is 2.83. The standard InChI is InChI=1S/C32H46O4S/c1-31(2,3)25-19-27(33)23(21-13-9-7-10-14-21)17-29(25)37(35,36)30-18-24(22-15-11-8-12-16-22)28(34)20-26(30)32(4,5)6/h17-22,33-34H,7-16H2,1-6H3. The molecule has 5 heteroatoms. The van der Waals surface area contributed by atoms with Gasteiger partial charge in [-0.3, -0.25) is 0 Å². The van der Waals surface area contributed by atoms with Crippen molar-refractivity contribution in [1.29, 1.82) is 0 Å². The third kappa shape index (κ3) is 5.72. The number of hydrogen-bond donors (Lipinski definition) is 2. The molecule has 204 valence electrons. The molecule has 0 atom stereocenters. The molecule has 2 N–H and O–H groups in total. The lowest BCUT2D eigenvalue weighted by molar-refractivity contribution is 0.410. The van der Waals surface area contributed by atoms with Crippen LogP contribution in [0.1, 0.15) is 140 Å². The molecule has 2 aliphatic carbocycles. The summed E-state index contributed by atoms with van der Waals surface area (Å²) >= 11 is 0. The molecule has 0 spiro atoms. The minimum absolute atomic E-state index is 0.177. The first kappa shape index (κ1) is 28.0. The molecule has 0 aliphatic heterocycles. The Labute approximate surface area is 224 Å². The molecule has 2 aromatic rings. The highest BCUT2D eigenvalue weighted by Crippen LogP contribution is 2.46. The molecule has 4 nitrogen and oxygen atoms in total. The monoisotopic (exact) mass is 526 g/mol. The molecule has 2 aliphatic rings. The predicted octanol–water partition coefficient (Wildman–Crippen LogP) is 8.62. The van der Waals surface area contributed by atoms with E-state index < -0.39 is 20.7 Å². The zero-order valence-corrected chi connectivity index (χ0v) is 24.5. The van der Waals surface area contributed by atoms with Crippen LogP contribution in [0, 0.1) is 0 Å². The van der Waals surface area contributed by atoms with Gasteiger partial charge >= 0.3 is 0 Å². The largest absolute Gasteiger partial charge is 0.508 e. The summed E-state index contributed by atoms with van der Waals surface area (Å²) in [6.45, 7) is 12.0. The number of aromatic hydroxyl groups is 2. The molecule has 37 heavy (non-hydrogen) atoms. The van der Waals surface area contributed by atoms with Crippen LogP contribution in [0.4, 0.5) is 0 Å². The highest BCUT2D eigenvalue weighted by molar-refractivity contribution is 7.91. The summed E-state index contributed by atoms with van der Waals surface area (Å²) in [6, 6.07) is 6.97. The summed E-state index contributed by atoms with van der Waals surface area (Å²) in [5.74, 6) is 0.772. The second-order valence-electron chi connectivity index (χ2n) is 13.5. The summed E-state index contributed by atoms with van der Waals surface area (Å²) in [4.78, 5) is 0.591. The molecular weight excluding hydrogens is 480 g/mol. The Morgan fingerprint density at radius 1 is 0.595 bits per heavy atom. The van der Waals surface area contributed by atoms with Gasteiger partial charge in [0, 0.05) is 0 Å². The molecule has 0 amide bonds. The van der Waals surface area contributed by atoms with E-state index in [1.807, 2.05) is 41.5 Å². The van der Waals surface area contributed by atoms with Crippen molar-refractivity contribution in [3.8, 4) is 11.5 Å². The molecule has 0 radical (unpaired) electrons. The molecule has 2 aromatic carbocycles. The lowest BCUT2D eigenvalue weighted by Crippen LogP contribution is -2.22. The second-order valence-corrected chi connectivity index (χ2v) is 15.4. The van der Waals surface area contributed by atoms with Crippen molar-refractivity contribution in [2.75, 3.05) is 0 Å². The van der Waals surface area contributed by atoms with Gasteiger partial charge in [0.15, 0.2) is 0 Å². The van der Waals surface area contributed by atoms with Crippen molar-refractivity contribution in [2.45, 2.75) is 138 Å². The maximum Gasteiger partial charge on any atom is 0.207 e. The Morgan fingerprint density at radius 2 is 0.919 bits per heavy atom. The van der Waals surface area contributed by atoms with Crippen molar-refractivity contribution in [3.05, 3.63) is 46.5 Å². The Balaban J connectivity index is 1.97. The van der Waals surface area contributed by atoms with Crippen molar-refractivity contribution < 1.29 is 18.6 Å². The van der Waals surface area contributed by atoms with Crippen molar-refractivity contribution in [2.24, 2.45) is 0 Å². The van der Waals surface area contributed by atoms with Crippen LogP contribution >= 0.6 is 0 Å². The fraction of sp³-hybridized carbons (Fsp3) is 0.625. The van der Waals surface area contributed by atoms with E-state index >= 15 is 0 Å². The Kier molecular flexibility index (Phi) is 7.78. The average molecular weight is 527 g/mol. The van der Waals surface area contributed by atoms with Gasteiger partial charge < -0.3 is 10.2 Å². The van der Waals surface area contributed by atoms with Crippen LogP contribution < -0.4 is 0 Å². The van der Waals surface area contributed by atoms with Gasteiger partial charge in [-0.2, -0.15) is 0 Å². The summed E-state index contributed by atoms with van der Waals surface area (Å²) in [6.07, 6.45) is 10.7. The highest BCUT2D eigenvalue weighted by Gasteiger charge is 2.35. The zero-order valence-electron chi connectivity index (χ0n) is 23.7. The molecule has 4 rings (SSSR count). The van der Waals surface area contributed by atoms with Crippen molar-refractivity contribution in [3.63, 3.8) is 0 Å². The van der Waals surface area contributed by atoms with E-state index in [1.165, 1.54) is 12.8 Å². The fourth-order valence-electron chi connectivity index (χ4n) is 6.38. The Hall–Kier alpha value is -2.01. The van der Waals surface area contributed by atoms with E-state index in [2.05, 4.69) is 0 Å². The van der Waals surface area contributed by atoms with E-state index in [4.69, 9.17) is 0 Å². The van der Waals surface area contributed by atoms with Gasteiger partial charge in [-0.15, -0.1) is 0 Å². The summed E-state index contributed by atoms with van der Waals surface area (Å²) in [5.41, 5.74) is 1.84. The third-order valence-electron chi connectivity index (χ3n) is 8.54. The van der Waals surface area contributed by atoms with Gasteiger partial charge in [0.2, 0.25) is 9.84 Å². The number of benzene rings is 2. The predicted molar refractivity (Wildman–Crippen MR) is 151 cm³/mol. The molecule has 2 saturated carbocycles. The van der Waals surface area contributed by atoms with Gasteiger partial charge in [-0.05, 0) is 94.9 Å². The first-order chi connectivity index (χ1) is 17.2. The van der Waals surface area contributed by atoms with Crippen molar-refractivity contribution >= 4 is 9.84 Å². The maximum absolute atomic E-state index is 14.7. The van der Waals surface area contributed by atoms with Crippen LogP contribution in [0.3, 0.4) is 0 Å². The molecular formula is C32H46O4S. The van der Waals surface area contributed by atoms with E-state index in [1.54, 1.807) is 24.3 Å². The van der Waals surface area contributed by atoms with Crippen LogP contribution in [0.5, 0.6) is 11.5 Å². The quantitative estimate of drug-likeness (QED) is 0.418. The minimum Gasteiger partial charge on any atom is -0.508 e. The molecule has 0 aromatic heterocycles. The SMILES string of the molecule is CC(C)(C)c1cc(O)c(C2CCCCC2)cc1S(=O)(=O)c1cc(C2CCCCC2)c(O)cc1C(C)(C)C. The van der Waals surface area contributed by atoms with Crippen LogP contribution in [-0.2, 0) is 20.7 Å². The molecule has 0 heterocycles. The summed E-state index contributed by atoms with van der Waals surface area (Å²) < 4.78 is 29.4. The fourth-order valence-corrected chi connectivity index (χ4v) is 8.50. The van der Waals surface area contributed by atoms with Gasteiger partial charge in [0.25, 0.3) is 0 Å². The summed E-state index contributed by atoms with van der Waals surface area (Å²) in [5, 5.41) is 22.1. The van der Waals surface area contributed by atoms with E-state index in [-0.39, 0.29) is 23.3 Å². The second kappa shape index (κ2) is 10.3. The number of hydrogen-bond acceptors (Lipinski definition) is 4. The maximum atomic E-state index is 14.7. The van der Waals surface area contributed by atoms with Crippen LogP contribution in [0.25, 0.3) is 0 Å². The Morgan fingerprint density at radius 3 is 1.22 bits per heavy atom. The molecule has 0 unspecified atom stereocenters. The smallest absolute Gasteiger partial charge is 0.207 e. The van der Waals surface area contributed by atoms with Gasteiger partial charge in [-0.1, -0.05) is 80.1 Å². The zero-order chi connectivity index (χ0) is 27.2. The number of phenols is 2. The number of rotatable bonds is 4. The number of phenolic OH excluding ortho intramolecular Hbond substituents is 2. The van der Waals surface area contributed by atoms with Crippen LogP contribution in [0.15, 0.2) is 34.1 Å². The van der Waals surface area contributed by atoms with Crippen LogP contribution in [-0.4, -0.2) is 18.6 Å². The van der Waals surface area contributed by atoms with Gasteiger partial charge in [0.05, 0.1) is 9.79 Å². The lowest BCUT2D eigenvalue weighted by atomic mass is 9.80. The molecule has 2 fully saturated rings. The van der Waals surface area contributed by atoms with E-state index in [0.29, 0.717) is 20.9 Å². The lowest BCUT2D eigenvalue weighted by Gasteiger charge is -2.30. The molecule has 0 bridgehead atoms. The number of sulfone groups is 1. The van der Waals surface area contributed by atoms with Gasteiger partial charge in [-0.25, -0.2) is 8.42 Å². The van der Waals surface area contributed by atoms with E-state index in [9.17, 15) is 18.6 Å². The topological polar surface area (TPSA) is 74.6 Å². The highest BCUT2D eigenvalue weighted by atomic mass is 32.2. The third-order valence-corrected chi connectivity index (χ3v) is 10.4.